The van der Waals surface area contributed by atoms with Gasteiger partial charge in [0.25, 0.3) is 0 Å². The normalized spacial score (nSPS) is 20.7. The number of nitrogen functional groups attached to an aromatic ring is 3. The van der Waals surface area contributed by atoms with Gasteiger partial charge in [0.2, 0.25) is 0 Å². The van der Waals surface area contributed by atoms with Gasteiger partial charge in [-0.15, -0.1) is 34.0 Å². The summed E-state index contributed by atoms with van der Waals surface area (Å²) in [6.07, 6.45) is 18.4. The van der Waals surface area contributed by atoms with Gasteiger partial charge < -0.3 is 47.9 Å². The van der Waals surface area contributed by atoms with Crippen molar-refractivity contribution in [3.8, 4) is 56.3 Å². The van der Waals surface area contributed by atoms with Crippen LogP contribution in [0.2, 0.25) is 0 Å². The third kappa shape index (κ3) is 17.7. The molecule has 6 fully saturated rings. The summed E-state index contributed by atoms with van der Waals surface area (Å²) in [6.45, 7) is 20.3. The third-order valence-corrected chi connectivity index (χ3v) is 27.9. The molecule has 3 saturated heterocycles. The van der Waals surface area contributed by atoms with E-state index in [-0.39, 0.29) is 0 Å². The Bertz CT molecular complexity index is 5750. The fraction of sp³-hybridized carbons (Fsp3) is 0.400. The second-order valence-corrected chi connectivity index (χ2v) is 36.2. The number of likely N-dealkylation sites (N-methyl/N-ethyl adjacent to an activating group) is 3. The van der Waals surface area contributed by atoms with Crippen LogP contribution in [0.4, 0.5) is 49.9 Å². The van der Waals surface area contributed by atoms with Gasteiger partial charge in [0.1, 0.15) is 53.5 Å². The molecule has 5 aromatic carbocycles. The summed E-state index contributed by atoms with van der Waals surface area (Å²) >= 11 is 4.86. The van der Waals surface area contributed by atoms with Gasteiger partial charge in [0.05, 0.1) is 51.4 Å². The molecule has 0 spiro atoms. The minimum absolute atomic E-state index is 0.313. The first-order chi connectivity index (χ1) is 58.6. The molecule has 620 valence electrons. The molecule has 0 amide bonds. The van der Waals surface area contributed by atoms with Crippen LogP contribution in [0.25, 0.3) is 89.4 Å². The maximum Gasteiger partial charge on any atom is 0.187 e. The molecule has 0 unspecified atom stereocenters. The number of piperazine rings is 3. The molecule has 20 rings (SSSR count). The Morgan fingerprint density at radius 1 is 0.333 bits per heavy atom. The molecule has 9 aromatic heterocycles. The first-order valence-electron chi connectivity index (χ1n) is 42.4. The van der Waals surface area contributed by atoms with Crippen LogP contribution in [-0.2, 0) is 0 Å². The monoisotopic (exact) mass is 1660 g/mol. The minimum atomic E-state index is 0.313. The standard InChI is InChI=1S/C32H37N9S.C31H35N9S.C27H35N9S/c1-21-3-5-22(6-4-21)27-19-42-32(37-27)36-24-9-7-23(8-10-24)29-28-30(33)34-20-35-31(28)41(38-29)26-13-11-25(12-14-26)40-17-15-39(2)16-18-40;1-38-15-17-39(18-16-38)24-11-13-25(14-12-24)40-30-27(29(32)33-20-34-30)28(37-40)22-7-9-23(10-8-22)35-31-36-26(19-41-31)21-5-3-2-4-6-21;1-17-18(2)37-27(31-17)32-20-6-4-19(5-7-20)24-23-25(28)29-16-30-26(23)36(33-24)22-10-8-21(9-11-22)35-14-12-34(3)13-15-35/h3-10,19-20,25-26H,11-18H2,1-2H3,(H,36,37)(H2,33,34,35);2-10,19-20,24-25H,11-18H2,1H3,(H,35,36)(H2,32,33,34);4-7,16,21-22H,8-15H2,1-3H3,(H,31,32)(H2,28,29,30). The molecule has 120 heavy (non-hydrogen) atoms. The number of benzene rings is 5. The zero-order chi connectivity index (χ0) is 81.9. The van der Waals surface area contributed by atoms with Crippen LogP contribution in [0.15, 0.2) is 157 Å². The molecule has 0 bridgehead atoms. The predicted molar refractivity (Wildman–Crippen MR) is 488 cm³/mol. The quantitative estimate of drug-likeness (QED) is 0.0493. The summed E-state index contributed by atoms with van der Waals surface area (Å²) in [4.78, 5) is 57.6. The lowest BCUT2D eigenvalue weighted by atomic mass is 9.90. The molecular formula is C90H107N27S3. The topological polar surface area (TPSA) is 303 Å². The van der Waals surface area contributed by atoms with Gasteiger partial charge in [-0.05, 0) is 155 Å². The highest BCUT2D eigenvalue weighted by atomic mass is 32.1. The number of thiazole rings is 3. The summed E-state index contributed by atoms with van der Waals surface area (Å²) in [5.74, 6) is 1.43. The van der Waals surface area contributed by atoms with Crippen LogP contribution < -0.4 is 33.2 Å². The number of nitrogens with two attached hydrogens (primary N) is 3. The van der Waals surface area contributed by atoms with Gasteiger partial charge in [-0.25, -0.2) is 58.9 Å². The van der Waals surface area contributed by atoms with Gasteiger partial charge in [-0.1, -0.05) is 96.6 Å². The molecule has 3 saturated carbocycles. The Morgan fingerprint density at radius 3 is 0.967 bits per heavy atom. The molecule has 3 aliphatic heterocycles. The van der Waals surface area contributed by atoms with Crippen LogP contribution in [0.5, 0.6) is 0 Å². The zero-order valence-electron chi connectivity index (χ0n) is 69.3. The molecule has 14 aromatic rings. The molecule has 0 radical (unpaired) electrons. The number of nitrogens with zero attached hydrogens (tertiary/aromatic N) is 21. The second kappa shape index (κ2) is 35.9. The zero-order valence-corrected chi connectivity index (χ0v) is 71.7. The number of fused-ring (bicyclic) bond motifs is 3. The van der Waals surface area contributed by atoms with Crippen molar-refractivity contribution < 1.29 is 0 Å². The Kier molecular flexibility index (Phi) is 24.0. The summed E-state index contributed by atoms with van der Waals surface area (Å²) in [5, 5.41) is 35.0. The van der Waals surface area contributed by atoms with Crippen molar-refractivity contribution in [2.75, 3.05) is 133 Å². The van der Waals surface area contributed by atoms with E-state index in [4.69, 9.17) is 42.5 Å². The van der Waals surface area contributed by atoms with Gasteiger partial charge in [0, 0.05) is 157 Å². The molecule has 12 heterocycles. The second-order valence-electron chi connectivity index (χ2n) is 33.2. The highest BCUT2D eigenvalue weighted by Gasteiger charge is 2.35. The van der Waals surface area contributed by atoms with E-state index in [0.29, 0.717) is 53.7 Å². The van der Waals surface area contributed by atoms with Crippen molar-refractivity contribution in [1.82, 2.24) is 104 Å². The number of hydrogen-bond acceptors (Lipinski definition) is 27. The summed E-state index contributed by atoms with van der Waals surface area (Å²) in [6, 6.07) is 46.5. The van der Waals surface area contributed by atoms with Gasteiger partial charge in [-0.2, -0.15) is 15.3 Å². The number of nitrogens with one attached hydrogen (secondary N) is 3. The van der Waals surface area contributed by atoms with Crippen LogP contribution in [0.3, 0.4) is 0 Å². The lowest BCUT2D eigenvalue weighted by molar-refractivity contribution is 0.0815. The van der Waals surface area contributed by atoms with E-state index in [9.17, 15) is 0 Å². The van der Waals surface area contributed by atoms with Gasteiger partial charge >= 0.3 is 0 Å². The molecular weight excluding hydrogens is 1560 g/mol. The highest BCUT2D eigenvalue weighted by Crippen LogP contribution is 2.43. The minimum Gasteiger partial charge on any atom is -0.383 e. The maximum atomic E-state index is 6.42. The average molecular weight is 1660 g/mol. The van der Waals surface area contributed by atoms with Gasteiger partial charge in [0.15, 0.2) is 32.3 Å². The maximum absolute atomic E-state index is 6.42. The van der Waals surface area contributed by atoms with Gasteiger partial charge in [-0.3, -0.25) is 14.7 Å². The van der Waals surface area contributed by atoms with Crippen molar-refractivity contribution in [2.45, 2.75) is 134 Å². The Labute approximate surface area is 712 Å². The average Bonchev–Trinajstić information content (AvgIpc) is 1.62. The van der Waals surface area contributed by atoms with E-state index in [1.165, 1.54) is 101 Å². The fourth-order valence-electron chi connectivity index (χ4n) is 18.2. The first kappa shape index (κ1) is 80.3. The lowest BCUT2D eigenvalue weighted by Crippen LogP contribution is -2.49. The van der Waals surface area contributed by atoms with Crippen molar-refractivity contribution >= 4 is 117 Å². The van der Waals surface area contributed by atoms with Crippen LogP contribution >= 0.6 is 34.0 Å². The van der Waals surface area contributed by atoms with E-state index in [1.807, 2.05) is 25.1 Å². The summed E-state index contributed by atoms with van der Waals surface area (Å²) < 4.78 is 6.36. The predicted octanol–water partition coefficient (Wildman–Crippen LogP) is 16.3. The van der Waals surface area contributed by atoms with E-state index in [2.05, 4.69) is 249 Å². The number of aryl methyl sites for hydroxylation is 3. The summed E-state index contributed by atoms with van der Waals surface area (Å²) in [7, 11) is 6.65. The van der Waals surface area contributed by atoms with Crippen LogP contribution in [0, 0.1) is 20.8 Å². The first-order valence-corrected chi connectivity index (χ1v) is 45.0. The Morgan fingerprint density at radius 2 is 0.642 bits per heavy atom. The van der Waals surface area contributed by atoms with E-state index in [0.717, 1.165) is 192 Å². The van der Waals surface area contributed by atoms with E-state index in [1.54, 1.807) is 53.0 Å². The molecule has 30 heteroatoms. The third-order valence-electron chi connectivity index (χ3n) is 25.4. The fourth-order valence-corrected chi connectivity index (χ4v) is 20.5. The SMILES string of the molecule is CN1CCN(C2CCC(n3nc(-c4ccc(Nc5nc(-c6ccccc6)cs5)cc4)c4c(N)ncnc43)CC2)CC1.Cc1ccc(-c2csc(Nc3ccc(-c4nn(C5CCC(N6CCN(C)CC6)CC5)c5ncnc(N)c45)cc3)n2)cc1.Cc1nc(Nc2ccc(-c3nn(C4CCC(N5CCN(C)CC5)CC4)c4ncnc(N)c34)cc2)sc1C. The smallest absolute Gasteiger partial charge is 0.187 e. The number of anilines is 9. The molecule has 0 atom stereocenters. The van der Waals surface area contributed by atoms with Crippen LogP contribution in [-0.4, -0.2) is 221 Å². The highest BCUT2D eigenvalue weighted by molar-refractivity contribution is 7.15. The van der Waals surface area contributed by atoms with E-state index < -0.39 is 0 Å². The number of hydrogen-bond donors (Lipinski definition) is 6. The number of aromatic nitrogens is 15. The lowest BCUT2D eigenvalue weighted by Gasteiger charge is -2.41. The van der Waals surface area contributed by atoms with Crippen molar-refractivity contribution in [2.24, 2.45) is 0 Å². The molecule has 9 N–H and O–H groups in total. The van der Waals surface area contributed by atoms with Crippen LogP contribution in [0.1, 0.15) is 111 Å². The largest absolute Gasteiger partial charge is 0.383 e. The van der Waals surface area contributed by atoms with Crippen molar-refractivity contribution in [1.29, 1.82) is 0 Å². The van der Waals surface area contributed by atoms with Crippen molar-refractivity contribution in [3.05, 3.63) is 173 Å². The summed E-state index contributed by atoms with van der Waals surface area (Å²) in [5.41, 5.74) is 36.7. The van der Waals surface area contributed by atoms with Crippen molar-refractivity contribution in [3.63, 3.8) is 0 Å². The Hall–Kier alpha value is -10.8. The molecule has 3 aliphatic carbocycles. The molecule has 6 aliphatic rings. The Balaban J connectivity index is 0.000000124. The number of rotatable bonds is 17. The molecule has 27 nitrogen and oxygen atoms in total. The van der Waals surface area contributed by atoms with E-state index >= 15 is 0 Å².